The van der Waals surface area contributed by atoms with Gasteiger partial charge >= 0.3 is 0 Å². The van der Waals surface area contributed by atoms with Crippen LogP contribution in [0.15, 0.2) is 16.7 Å². The molecule has 0 atom stereocenters. The van der Waals surface area contributed by atoms with E-state index in [9.17, 15) is 5.11 Å². The molecule has 0 saturated heterocycles. The predicted molar refractivity (Wildman–Crippen MR) is 63.5 cm³/mol. The molecule has 0 aromatic carbocycles. The molecule has 0 spiro atoms. The lowest BCUT2D eigenvalue weighted by atomic mass is 10.1. The van der Waals surface area contributed by atoms with E-state index >= 15 is 0 Å². The zero-order valence-electron chi connectivity index (χ0n) is 8.99. The van der Waals surface area contributed by atoms with Gasteiger partial charge in [0.15, 0.2) is 5.76 Å². The van der Waals surface area contributed by atoms with Crippen LogP contribution in [0.4, 0.5) is 0 Å². The quantitative estimate of drug-likeness (QED) is 0.861. The molecule has 2 aromatic heterocycles. The summed E-state index contributed by atoms with van der Waals surface area (Å²) in [5, 5.41) is 14.0. The Labute approximate surface area is 101 Å². The zero-order chi connectivity index (χ0) is 11.7. The highest BCUT2D eigenvalue weighted by Gasteiger charge is 2.15. The van der Waals surface area contributed by atoms with Crippen molar-refractivity contribution in [2.45, 2.75) is 19.2 Å². The minimum absolute atomic E-state index is 0.181. The number of hydrogen-bond acceptors (Lipinski definition) is 4. The van der Waals surface area contributed by atoms with Gasteiger partial charge in [-0.3, -0.25) is 0 Å². The lowest BCUT2D eigenvalue weighted by Crippen LogP contribution is -1.89. The average molecular weight is 283 g/mol. The summed E-state index contributed by atoms with van der Waals surface area (Å²) in [6.07, 6.45) is 0. The summed E-state index contributed by atoms with van der Waals surface area (Å²) in [5.41, 5.74) is 3.09. The molecule has 0 saturated carbocycles. The second kappa shape index (κ2) is 4.25. The van der Waals surface area contributed by atoms with Crippen molar-refractivity contribution in [3.63, 3.8) is 0 Å². The van der Waals surface area contributed by atoms with Crippen LogP contribution < -0.4 is 0 Å². The first kappa shape index (κ1) is 11.1. The standard InChI is InChI=1S/C11H11BrN2O2/c1-6-8(5-12)11(16-14-6)9-3-4-10(15)7(2)13-9/h3-4,15H,5H2,1-2H3. The van der Waals surface area contributed by atoms with Crippen molar-refractivity contribution < 1.29 is 9.63 Å². The predicted octanol–water partition coefficient (Wildman–Crippen LogP) is 2.95. The molecule has 0 unspecified atom stereocenters. The molecule has 2 heterocycles. The molecular formula is C11H11BrN2O2. The van der Waals surface area contributed by atoms with Crippen LogP contribution in [0.3, 0.4) is 0 Å². The molecule has 4 nitrogen and oxygen atoms in total. The Balaban J connectivity index is 2.54. The molecule has 0 radical (unpaired) electrons. The second-order valence-electron chi connectivity index (χ2n) is 3.51. The molecule has 16 heavy (non-hydrogen) atoms. The summed E-state index contributed by atoms with van der Waals surface area (Å²) in [7, 11) is 0. The molecule has 0 bridgehead atoms. The molecule has 0 fully saturated rings. The number of nitrogens with zero attached hydrogens (tertiary/aromatic N) is 2. The van der Waals surface area contributed by atoms with Gasteiger partial charge in [-0.2, -0.15) is 0 Å². The molecule has 2 rings (SSSR count). The molecule has 0 aliphatic carbocycles. The van der Waals surface area contributed by atoms with Crippen molar-refractivity contribution in [1.29, 1.82) is 0 Å². The van der Waals surface area contributed by atoms with Crippen molar-refractivity contribution in [2.75, 3.05) is 0 Å². The fraction of sp³-hybridized carbons (Fsp3) is 0.273. The fourth-order valence-corrected chi connectivity index (χ4v) is 2.09. The summed E-state index contributed by atoms with van der Waals surface area (Å²) in [6.45, 7) is 3.63. The highest BCUT2D eigenvalue weighted by atomic mass is 79.9. The van der Waals surface area contributed by atoms with Gasteiger partial charge in [-0.25, -0.2) is 4.98 Å². The number of hydrogen-bond donors (Lipinski definition) is 1. The third-order valence-electron chi connectivity index (χ3n) is 2.41. The Hall–Kier alpha value is -1.36. The Bertz CT molecular complexity index is 523. The van der Waals surface area contributed by atoms with Gasteiger partial charge in [0.1, 0.15) is 11.4 Å². The van der Waals surface area contributed by atoms with Crippen molar-refractivity contribution >= 4 is 15.9 Å². The molecular weight excluding hydrogens is 272 g/mol. The molecule has 0 aliphatic rings. The summed E-state index contributed by atoms with van der Waals surface area (Å²) in [6, 6.07) is 3.32. The van der Waals surface area contributed by atoms with Crippen molar-refractivity contribution in [3.05, 3.63) is 29.1 Å². The number of pyridine rings is 1. The normalized spacial score (nSPS) is 10.7. The van der Waals surface area contributed by atoms with E-state index in [0.29, 0.717) is 22.5 Å². The van der Waals surface area contributed by atoms with Gasteiger partial charge in [-0.1, -0.05) is 21.1 Å². The van der Waals surface area contributed by atoms with Crippen molar-refractivity contribution in [2.24, 2.45) is 0 Å². The van der Waals surface area contributed by atoms with Crippen LogP contribution in [0.25, 0.3) is 11.5 Å². The Morgan fingerprint density at radius 3 is 2.69 bits per heavy atom. The van der Waals surface area contributed by atoms with E-state index in [1.165, 1.54) is 0 Å². The summed E-state index contributed by atoms with van der Waals surface area (Å²) >= 11 is 3.39. The number of halogens is 1. The van der Waals surface area contributed by atoms with Crippen molar-refractivity contribution in [3.8, 4) is 17.2 Å². The topological polar surface area (TPSA) is 59.2 Å². The Kier molecular flexibility index (Phi) is 2.96. The summed E-state index contributed by atoms with van der Waals surface area (Å²) < 4.78 is 5.24. The third-order valence-corrected chi connectivity index (χ3v) is 2.97. The highest BCUT2D eigenvalue weighted by molar-refractivity contribution is 9.08. The zero-order valence-corrected chi connectivity index (χ0v) is 10.6. The van der Waals surface area contributed by atoms with Crippen LogP contribution in [0.5, 0.6) is 5.75 Å². The summed E-state index contributed by atoms with van der Waals surface area (Å²) in [5.74, 6) is 0.831. The van der Waals surface area contributed by atoms with Gasteiger partial charge < -0.3 is 9.63 Å². The number of alkyl halides is 1. The van der Waals surface area contributed by atoms with E-state index in [1.54, 1.807) is 19.1 Å². The first-order chi connectivity index (χ1) is 7.63. The Morgan fingerprint density at radius 2 is 2.06 bits per heavy atom. The molecule has 84 valence electrons. The number of aromatic nitrogens is 2. The second-order valence-corrected chi connectivity index (χ2v) is 4.07. The van der Waals surface area contributed by atoms with Gasteiger partial charge in [0, 0.05) is 10.9 Å². The maximum absolute atomic E-state index is 9.40. The van der Waals surface area contributed by atoms with Crippen LogP contribution >= 0.6 is 15.9 Å². The average Bonchev–Trinajstić information content (AvgIpc) is 2.63. The van der Waals surface area contributed by atoms with E-state index in [-0.39, 0.29) is 5.75 Å². The molecule has 0 amide bonds. The first-order valence-electron chi connectivity index (χ1n) is 4.81. The van der Waals surface area contributed by atoms with Gasteiger partial charge in [-0.15, -0.1) is 0 Å². The molecule has 1 N–H and O–H groups in total. The number of aromatic hydroxyl groups is 1. The van der Waals surface area contributed by atoms with Gasteiger partial charge in [-0.05, 0) is 26.0 Å². The highest BCUT2D eigenvalue weighted by Crippen LogP contribution is 2.28. The minimum atomic E-state index is 0.181. The minimum Gasteiger partial charge on any atom is -0.506 e. The van der Waals surface area contributed by atoms with Crippen LogP contribution in [-0.4, -0.2) is 15.2 Å². The smallest absolute Gasteiger partial charge is 0.189 e. The SMILES string of the molecule is Cc1nc(-c2onc(C)c2CBr)ccc1O. The van der Waals surface area contributed by atoms with Crippen LogP contribution in [-0.2, 0) is 5.33 Å². The van der Waals surface area contributed by atoms with E-state index < -0.39 is 0 Å². The first-order valence-corrected chi connectivity index (χ1v) is 5.93. The van der Waals surface area contributed by atoms with Crippen LogP contribution in [0.2, 0.25) is 0 Å². The van der Waals surface area contributed by atoms with Gasteiger partial charge in [0.05, 0.1) is 11.4 Å². The fourth-order valence-electron chi connectivity index (χ4n) is 1.43. The monoisotopic (exact) mass is 282 g/mol. The van der Waals surface area contributed by atoms with Gasteiger partial charge in [0.25, 0.3) is 0 Å². The third kappa shape index (κ3) is 1.82. The number of rotatable bonds is 2. The molecule has 0 aliphatic heterocycles. The van der Waals surface area contributed by atoms with Crippen molar-refractivity contribution in [1.82, 2.24) is 10.1 Å². The van der Waals surface area contributed by atoms with E-state index in [0.717, 1.165) is 11.3 Å². The van der Waals surface area contributed by atoms with Crippen LogP contribution in [0, 0.1) is 13.8 Å². The lowest BCUT2D eigenvalue weighted by molar-refractivity contribution is 0.425. The molecule has 5 heteroatoms. The van der Waals surface area contributed by atoms with E-state index in [2.05, 4.69) is 26.1 Å². The van der Waals surface area contributed by atoms with Gasteiger partial charge in [0.2, 0.25) is 0 Å². The van der Waals surface area contributed by atoms with E-state index in [4.69, 9.17) is 4.52 Å². The van der Waals surface area contributed by atoms with E-state index in [1.807, 2.05) is 6.92 Å². The Morgan fingerprint density at radius 1 is 1.31 bits per heavy atom. The largest absolute Gasteiger partial charge is 0.506 e. The maximum Gasteiger partial charge on any atom is 0.189 e. The number of aryl methyl sites for hydroxylation is 2. The molecule has 2 aromatic rings. The van der Waals surface area contributed by atoms with Crippen LogP contribution in [0.1, 0.15) is 17.0 Å². The lowest BCUT2D eigenvalue weighted by Gasteiger charge is -2.01. The maximum atomic E-state index is 9.40. The summed E-state index contributed by atoms with van der Waals surface area (Å²) in [4.78, 5) is 4.26.